The first-order valence-electron chi connectivity index (χ1n) is 11.0. The number of sulfonamides is 1. The zero-order valence-corrected chi connectivity index (χ0v) is 19.8. The molecule has 0 aliphatic carbocycles. The standard InChI is InChI=1S/C23H34N4O3S/c1-5-17(2)31(28,29)27-11-9-19(10-12-27)13-21-15-23(26-18(3)25-21)24-16-20-7-6-8-22(14-20)30-4/h6-8,14-15,17,19H,5,9-13,16H2,1-4H3,(H,24,25,26). The highest BCUT2D eigenvalue weighted by Crippen LogP contribution is 2.25. The monoisotopic (exact) mass is 446 g/mol. The van der Waals surface area contributed by atoms with Crippen LogP contribution in [0.2, 0.25) is 0 Å². The van der Waals surface area contributed by atoms with E-state index in [4.69, 9.17) is 4.74 Å². The van der Waals surface area contributed by atoms with Gasteiger partial charge < -0.3 is 10.1 Å². The van der Waals surface area contributed by atoms with E-state index in [-0.39, 0.29) is 5.25 Å². The zero-order chi connectivity index (χ0) is 22.4. The molecule has 1 fully saturated rings. The average molecular weight is 447 g/mol. The van der Waals surface area contributed by atoms with Crippen LogP contribution in [0.4, 0.5) is 5.82 Å². The van der Waals surface area contributed by atoms with Gasteiger partial charge in [0.15, 0.2) is 0 Å². The van der Waals surface area contributed by atoms with Gasteiger partial charge in [0, 0.05) is 31.4 Å². The molecular formula is C23H34N4O3S. The summed E-state index contributed by atoms with van der Waals surface area (Å²) in [4.78, 5) is 9.13. The first-order valence-corrected chi connectivity index (χ1v) is 12.5. The highest BCUT2D eigenvalue weighted by molar-refractivity contribution is 7.89. The Morgan fingerprint density at radius 1 is 1.23 bits per heavy atom. The maximum absolute atomic E-state index is 12.6. The van der Waals surface area contributed by atoms with Gasteiger partial charge in [-0.15, -0.1) is 0 Å². The third kappa shape index (κ3) is 6.17. The Labute approximate surface area is 186 Å². The van der Waals surface area contributed by atoms with Gasteiger partial charge in [-0.3, -0.25) is 0 Å². The van der Waals surface area contributed by atoms with Crippen LogP contribution >= 0.6 is 0 Å². The van der Waals surface area contributed by atoms with Gasteiger partial charge >= 0.3 is 0 Å². The molecule has 0 radical (unpaired) electrons. The van der Waals surface area contributed by atoms with Crippen molar-refractivity contribution >= 4 is 15.8 Å². The first kappa shape index (κ1) is 23.5. The lowest BCUT2D eigenvalue weighted by atomic mass is 9.93. The summed E-state index contributed by atoms with van der Waals surface area (Å²) < 4.78 is 32.1. The average Bonchev–Trinajstić information content (AvgIpc) is 2.77. The highest BCUT2D eigenvalue weighted by Gasteiger charge is 2.31. The molecule has 1 unspecified atom stereocenters. The van der Waals surface area contributed by atoms with Crippen LogP contribution in [0.1, 0.15) is 50.2 Å². The van der Waals surface area contributed by atoms with Crippen LogP contribution in [0, 0.1) is 12.8 Å². The van der Waals surface area contributed by atoms with E-state index in [9.17, 15) is 8.42 Å². The molecule has 0 spiro atoms. The van der Waals surface area contributed by atoms with Crippen molar-refractivity contribution in [1.29, 1.82) is 0 Å². The van der Waals surface area contributed by atoms with Crippen LogP contribution in [0.25, 0.3) is 0 Å². The number of piperidine rings is 1. The fourth-order valence-electron chi connectivity index (χ4n) is 3.93. The molecule has 170 valence electrons. The maximum atomic E-state index is 12.6. The number of hydrogen-bond donors (Lipinski definition) is 1. The summed E-state index contributed by atoms with van der Waals surface area (Å²) >= 11 is 0. The second-order valence-corrected chi connectivity index (χ2v) is 10.7. The van der Waals surface area contributed by atoms with Crippen molar-refractivity contribution in [2.45, 2.75) is 58.2 Å². The fraction of sp³-hybridized carbons (Fsp3) is 0.565. The van der Waals surface area contributed by atoms with Crippen LogP contribution in [-0.4, -0.2) is 48.1 Å². The van der Waals surface area contributed by atoms with Crippen molar-refractivity contribution < 1.29 is 13.2 Å². The number of nitrogens with zero attached hydrogens (tertiary/aromatic N) is 3. The van der Waals surface area contributed by atoms with Crippen LogP contribution in [0.15, 0.2) is 30.3 Å². The molecule has 0 bridgehead atoms. The van der Waals surface area contributed by atoms with E-state index in [2.05, 4.69) is 15.3 Å². The molecule has 1 atom stereocenters. The molecule has 0 saturated carbocycles. The van der Waals surface area contributed by atoms with Crippen LogP contribution in [0.3, 0.4) is 0 Å². The summed E-state index contributed by atoms with van der Waals surface area (Å²) in [6.07, 6.45) is 3.22. The van der Waals surface area contributed by atoms with E-state index in [1.165, 1.54) is 0 Å². The number of ether oxygens (including phenoxy) is 1. The lowest BCUT2D eigenvalue weighted by Crippen LogP contribution is -2.42. The Balaban J connectivity index is 1.58. The number of methoxy groups -OCH3 is 1. The van der Waals surface area contributed by atoms with E-state index in [0.29, 0.717) is 32.0 Å². The molecule has 31 heavy (non-hydrogen) atoms. The molecule has 2 aromatic rings. The van der Waals surface area contributed by atoms with E-state index in [1.807, 2.05) is 44.2 Å². The quantitative estimate of drug-likeness (QED) is 0.631. The number of rotatable bonds is 9. The lowest BCUT2D eigenvalue weighted by Gasteiger charge is -2.32. The van der Waals surface area contributed by atoms with Crippen molar-refractivity contribution in [3.8, 4) is 5.75 Å². The zero-order valence-electron chi connectivity index (χ0n) is 19.0. The molecule has 1 aromatic heterocycles. The Kier molecular flexibility index (Phi) is 7.89. The molecule has 3 rings (SSSR count). The minimum absolute atomic E-state index is 0.313. The van der Waals surface area contributed by atoms with Gasteiger partial charge in [0.25, 0.3) is 0 Å². The van der Waals surface area contributed by atoms with Gasteiger partial charge in [0.2, 0.25) is 10.0 Å². The number of aromatic nitrogens is 2. The molecule has 1 aliphatic rings. The lowest BCUT2D eigenvalue weighted by molar-refractivity contribution is 0.269. The summed E-state index contributed by atoms with van der Waals surface area (Å²) in [5.74, 6) is 2.81. The van der Waals surface area contributed by atoms with Crippen LogP contribution in [0.5, 0.6) is 5.75 Å². The predicted octanol–water partition coefficient (Wildman–Crippen LogP) is 3.79. The summed E-state index contributed by atoms with van der Waals surface area (Å²) in [6, 6.07) is 9.96. The Morgan fingerprint density at radius 2 is 1.97 bits per heavy atom. The molecule has 8 heteroatoms. The predicted molar refractivity (Wildman–Crippen MR) is 124 cm³/mol. The van der Waals surface area contributed by atoms with Gasteiger partial charge in [0.1, 0.15) is 17.4 Å². The maximum Gasteiger partial charge on any atom is 0.216 e. The van der Waals surface area contributed by atoms with Crippen LogP contribution in [-0.2, 0) is 23.0 Å². The SMILES string of the molecule is CCC(C)S(=O)(=O)N1CCC(Cc2cc(NCc3cccc(OC)c3)nc(C)n2)CC1. The number of benzene rings is 1. The Hall–Kier alpha value is -2.19. The van der Waals surface area contributed by atoms with Gasteiger partial charge in [-0.05, 0) is 63.1 Å². The third-order valence-corrected chi connectivity index (χ3v) is 8.45. The minimum Gasteiger partial charge on any atom is -0.497 e. The molecule has 1 aromatic carbocycles. The second kappa shape index (κ2) is 10.4. The molecule has 7 nitrogen and oxygen atoms in total. The number of anilines is 1. The van der Waals surface area contributed by atoms with E-state index in [0.717, 1.165) is 47.9 Å². The van der Waals surface area contributed by atoms with Crippen molar-refractivity contribution in [2.24, 2.45) is 5.92 Å². The third-order valence-electron chi connectivity index (χ3n) is 6.01. The van der Waals surface area contributed by atoms with Gasteiger partial charge in [-0.2, -0.15) is 0 Å². The topological polar surface area (TPSA) is 84.4 Å². The summed E-state index contributed by atoms with van der Waals surface area (Å²) in [6.45, 7) is 7.47. The largest absolute Gasteiger partial charge is 0.497 e. The minimum atomic E-state index is -3.17. The molecular weight excluding hydrogens is 412 g/mol. The van der Waals surface area contributed by atoms with Crippen molar-refractivity contribution in [3.63, 3.8) is 0 Å². The van der Waals surface area contributed by atoms with Crippen molar-refractivity contribution in [3.05, 3.63) is 47.4 Å². The van der Waals surface area contributed by atoms with Gasteiger partial charge in [-0.1, -0.05) is 19.1 Å². The Bertz CT molecular complexity index is 973. The summed E-state index contributed by atoms with van der Waals surface area (Å²) in [5, 5.41) is 3.07. The Morgan fingerprint density at radius 3 is 2.65 bits per heavy atom. The molecule has 1 N–H and O–H groups in total. The summed E-state index contributed by atoms with van der Waals surface area (Å²) in [7, 11) is -1.51. The van der Waals surface area contributed by atoms with Crippen LogP contribution < -0.4 is 10.1 Å². The molecule has 1 saturated heterocycles. The highest BCUT2D eigenvalue weighted by atomic mass is 32.2. The van der Waals surface area contributed by atoms with Crippen molar-refractivity contribution in [2.75, 3.05) is 25.5 Å². The molecule has 0 amide bonds. The fourth-order valence-corrected chi connectivity index (χ4v) is 5.58. The molecule has 2 heterocycles. The normalized spacial score (nSPS) is 16.8. The van der Waals surface area contributed by atoms with Gasteiger partial charge in [0.05, 0.1) is 12.4 Å². The van der Waals surface area contributed by atoms with Crippen molar-refractivity contribution in [1.82, 2.24) is 14.3 Å². The van der Waals surface area contributed by atoms with E-state index < -0.39 is 10.0 Å². The van der Waals surface area contributed by atoms with Gasteiger partial charge in [-0.25, -0.2) is 22.7 Å². The second-order valence-electron chi connectivity index (χ2n) is 8.31. The summed E-state index contributed by atoms with van der Waals surface area (Å²) in [5.41, 5.74) is 2.12. The number of aryl methyl sites for hydroxylation is 1. The first-order chi connectivity index (χ1) is 14.8. The molecule has 1 aliphatic heterocycles. The number of nitrogens with one attached hydrogen (secondary N) is 1. The smallest absolute Gasteiger partial charge is 0.216 e. The van der Waals surface area contributed by atoms with E-state index in [1.54, 1.807) is 18.3 Å². The number of hydrogen-bond acceptors (Lipinski definition) is 6. The van der Waals surface area contributed by atoms with E-state index >= 15 is 0 Å².